The average molecular weight is 404 g/mol. The van der Waals surface area contributed by atoms with E-state index in [2.05, 4.69) is 29.1 Å². The number of nitrogens with one attached hydrogen (secondary N) is 2. The lowest BCUT2D eigenvalue weighted by molar-refractivity contribution is -0.129. The van der Waals surface area contributed by atoms with Crippen molar-refractivity contribution in [2.75, 3.05) is 11.6 Å². The maximum absolute atomic E-state index is 13.1. The molecule has 7 heteroatoms. The monoisotopic (exact) mass is 403 g/mol. The van der Waals surface area contributed by atoms with Gasteiger partial charge in [0.05, 0.1) is 5.56 Å². The first-order valence-corrected chi connectivity index (χ1v) is 10.6. The minimum atomic E-state index is -0.320. The van der Waals surface area contributed by atoms with E-state index < -0.39 is 0 Å². The Balaban J connectivity index is 1.92. The Morgan fingerprint density at radius 2 is 1.93 bits per heavy atom. The van der Waals surface area contributed by atoms with E-state index in [1.54, 1.807) is 0 Å². The van der Waals surface area contributed by atoms with Gasteiger partial charge in [0.1, 0.15) is 11.6 Å². The van der Waals surface area contributed by atoms with E-state index in [0.29, 0.717) is 28.0 Å². The van der Waals surface area contributed by atoms with Crippen molar-refractivity contribution in [1.82, 2.24) is 9.97 Å². The Morgan fingerprint density at radius 3 is 2.59 bits per heavy atom. The first-order valence-electron chi connectivity index (χ1n) is 9.02. The molecule has 2 N–H and O–H groups in total. The van der Waals surface area contributed by atoms with Crippen LogP contribution >= 0.6 is 23.4 Å². The molecule has 1 aromatic heterocycles. The van der Waals surface area contributed by atoms with Crippen LogP contribution in [-0.2, 0) is 4.79 Å². The number of carbonyl (C=O) groups excluding carboxylic acids is 1. The van der Waals surface area contributed by atoms with Crippen LogP contribution in [0.3, 0.4) is 0 Å². The minimum Gasteiger partial charge on any atom is -0.366 e. The predicted octanol–water partition coefficient (Wildman–Crippen LogP) is 4.08. The van der Waals surface area contributed by atoms with E-state index in [1.807, 2.05) is 30.5 Å². The average Bonchev–Trinajstić information content (AvgIpc) is 2.59. The number of halogens is 1. The molecule has 0 spiro atoms. The van der Waals surface area contributed by atoms with Gasteiger partial charge < -0.3 is 10.3 Å². The van der Waals surface area contributed by atoms with Crippen LogP contribution in [0.15, 0.2) is 34.2 Å². The fraction of sp³-hybridized carbons (Fsp3) is 0.450. The Labute approximate surface area is 167 Å². The maximum atomic E-state index is 13.1. The van der Waals surface area contributed by atoms with Crippen LogP contribution in [0.5, 0.6) is 0 Å². The summed E-state index contributed by atoms with van der Waals surface area (Å²) in [6, 6.07) is 7.40. The van der Waals surface area contributed by atoms with Gasteiger partial charge in [-0.05, 0) is 35.8 Å². The molecule has 3 atom stereocenters. The zero-order valence-electron chi connectivity index (χ0n) is 15.5. The first kappa shape index (κ1) is 18.6. The molecule has 0 radical (unpaired) electrons. The number of benzene rings is 1. The molecule has 2 aromatic rings. The maximum Gasteiger partial charge on any atom is 0.257 e. The number of fused-ring (bicyclic) bond motifs is 2. The summed E-state index contributed by atoms with van der Waals surface area (Å²) in [5.41, 5.74) is 1.21. The van der Waals surface area contributed by atoms with Gasteiger partial charge in [-0.25, -0.2) is 4.98 Å². The van der Waals surface area contributed by atoms with Crippen molar-refractivity contribution in [3.05, 3.63) is 50.8 Å². The molecule has 1 aliphatic carbocycles. The molecule has 2 aliphatic rings. The summed E-state index contributed by atoms with van der Waals surface area (Å²) in [4.78, 5) is 33.5. The van der Waals surface area contributed by atoms with E-state index in [1.165, 1.54) is 11.8 Å². The zero-order valence-corrected chi connectivity index (χ0v) is 17.1. The van der Waals surface area contributed by atoms with Crippen LogP contribution in [0.25, 0.3) is 0 Å². The van der Waals surface area contributed by atoms with E-state index >= 15 is 0 Å². The van der Waals surface area contributed by atoms with Gasteiger partial charge in [-0.3, -0.25) is 9.59 Å². The van der Waals surface area contributed by atoms with Crippen LogP contribution in [0, 0.1) is 11.3 Å². The number of anilines is 1. The van der Waals surface area contributed by atoms with Gasteiger partial charge in [0.25, 0.3) is 5.56 Å². The number of ketones is 1. The highest BCUT2D eigenvalue weighted by molar-refractivity contribution is 7.98. The van der Waals surface area contributed by atoms with Crippen molar-refractivity contribution in [2.24, 2.45) is 11.3 Å². The van der Waals surface area contributed by atoms with Crippen LogP contribution in [0.2, 0.25) is 5.02 Å². The summed E-state index contributed by atoms with van der Waals surface area (Å²) >= 11 is 7.46. The Kier molecular flexibility index (Phi) is 4.59. The van der Waals surface area contributed by atoms with Gasteiger partial charge in [-0.15, -0.1) is 0 Å². The third-order valence-corrected chi connectivity index (χ3v) is 6.41. The number of rotatable bonds is 2. The first-order chi connectivity index (χ1) is 12.8. The molecular weight excluding hydrogens is 382 g/mol. The molecule has 1 saturated carbocycles. The summed E-state index contributed by atoms with van der Waals surface area (Å²) in [6.07, 6.45) is 3.25. The molecule has 0 saturated heterocycles. The number of hydrogen-bond acceptors (Lipinski definition) is 5. The summed E-state index contributed by atoms with van der Waals surface area (Å²) < 4.78 is 0. The Bertz CT molecular complexity index is 955. The van der Waals surface area contributed by atoms with Crippen molar-refractivity contribution in [2.45, 2.75) is 43.8 Å². The lowest BCUT2D eigenvalue weighted by atomic mass is 9.62. The van der Waals surface area contributed by atoms with E-state index in [0.717, 1.165) is 12.0 Å². The fourth-order valence-corrected chi connectivity index (χ4v) is 5.03. The quantitative estimate of drug-likeness (QED) is 0.583. The molecule has 27 heavy (non-hydrogen) atoms. The van der Waals surface area contributed by atoms with E-state index in [9.17, 15) is 9.59 Å². The smallest absolute Gasteiger partial charge is 0.257 e. The second-order valence-corrected chi connectivity index (χ2v) is 9.39. The second kappa shape index (κ2) is 6.67. The lowest BCUT2D eigenvalue weighted by Crippen LogP contribution is -2.51. The van der Waals surface area contributed by atoms with Crippen molar-refractivity contribution < 1.29 is 4.79 Å². The third kappa shape index (κ3) is 3.29. The number of hydrogen-bond donors (Lipinski definition) is 2. The van der Waals surface area contributed by atoms with Gasteiger partial charge in [0, 0.05) is 29.3 Å². The van der Waals surface area contributed by atoms with Gasteiger partial charge in [0.2, 0.25) is 0 Å². The Morgan fingerprint density at radius 1 is 1.22 bits per heavy atom. The number of Topliss-reactive ketones (excluding diaryl/α,β-unsaturated/α-hetero) is 1. The minimum absolute atomic E-state index is 0.0431. The molecule has 4 rings (SSSR count). The van der Waals surface area contributed by atoms with Gasteiger partial charge >= 0.3 is 0 Å². The highest BCUT2D eigenvalue weighted by Gasteiger charge is 2.49. The standard InChI is InChI=1S/C20H22ClN3O2S/c1-20(2)8-12-15(13(25)9-20)14(10-4-6-11(21)7-5-10)16-17(22-12)23-19(27-3)24-18(16)26/h4-7,12,14-15H,8-9H2,1-3H3,(H2,22,23,24,26). The molecular formula is C20H22ClN3O2S. The molecule has 1 fully saturated rings. The van der Waals surface area contributed by atoms with E-state index in [4.69, 9.17) is 11.6 Å². The summed E-state index contributed by atoms with van der Waals surface area (Å²) in [5.74, 6) is 0.187. The molecule has 3 unspecified atom stereocenters. The zero-order chi connectivity index (χ0) is 19.3. The molecule has 0 bridgehead atoms. The van der Waals surface area contributed by atoms with Crippen LogP contribution < -0.4 is 10.9 Å². The molecule has 1 aromatic carbocycles. The summed E-state index contributed by atoms with van der Waals surface area (Å²) in [7, 11) is 0. The SMILES string of the molecule is CSc1nc2c(c(=O)[nH]1)C(c1ccc(Cl)cc1)C1C(=O)CC(C)(C)CC1N2. The largest absolute Gasteiger partial charge is 0.366 e. The van der Waals surface area contributed by atoms with Gasteiger partial charge in [0.15, 0.2) is 5.16 Å². The molecule has 142 valence electrons. The number of aromatic amines is 1. The van der Waals surface area contributed by atoms with Crippen molar-refractivity contribution in [3.8, 4) is 0 Å². The topological polar surface area (TPSA) is 74.8 Å². The van der Waals surface area contributed by atoms with Gasteiger partial charge in [-0.1, -0.05) is 49.3 Å². The highest BCUT2D eigenvalue weighted by atomic mass is 35.5. The number of aromatic nitrogens is 2. The molecule has 2 heterocycles. The Hall–Kier alpha value is -1.79. The number of nitrogens with zero attached hydrogens (tertiary/aromatic N) is 1. The summed E-state index contributed by atoms with van der Waals surface area (Å²) in [6.45, 7) is 4.24. The number of thioether (sulfide) groups is 1. The van der Waals surface area contributed by atoms with Crippen LogP contribution in [0.1, 0.15) is 43.7 Å². The van der Waals surface area contributed by atoms with Crippen molar-refractivity contribution in [3.63, 3.8) is 0 Å². The summed E-state index contributed by atoms with van der Waals surface area (Å²) in [5, 5.41) is 4.62. The number of H-pyrrole nitrogens is 1. The molecule has 0 amide bonds. The predicted molar refractivity (Wildman–Crippen MR) is 109 cm³/mol. The molecule has 5 nitrogen and oxygen atoms in total. The van der Waals surface area contributed by atoms with Crippen LogP contribution in [-0.4, -0.2) is 28.0 Å². The number of carbonyl (C=O) groups is 1. The van der Waals surface area contributed by atoms with Gasteiger partial charge in [-0.2, -0.15) is 0 Å². The lowest BCUT2D eigenvalue weighted by Gasteiger charge is -2.46. The van der Waals surface area contributed by atoms with Crippen molar-refractivity contribution >= 4 is 35.0 Å². The third-order valence-electron chi connectivity index (χ3n) is 5.58. The van der Waals surface area contributed by atoms with Crippen LogP contribution in [0.4, 0.5) is 5.82 Å². The second-order valence-electron chi connectivity index (χ2n) is 8.15. The fourth-order valence-electron chi connectivity index (χ4n) is 4.52. The highest BCUT2D eigenvalue weighted by Crippen LogP contribution is 2.48. The normalized spacial score (nSPS) is 26.1. The van der Waals surface area contributed by atoms with Crippen molar-refractivity contribution in [1.29, 1.82) is 0 Å². The van der Waals surface area contributed by atoms with E-state index in [-0.39, 0.29) is 34.6 Å². The molecule has 1 aliphatic heterocycles.